The largest absolute Gasteiger partial charge is 0.389 e. The molecule has 1 fully saturated rings. The molecule has 2 atom stereocenters. The van der Waals surface area contributed by atoms with Crippen LogP contribution in [-0.2, 0) is 15.9 Å². The summed E-state index contributed by atoms with van der Waals surface area (Å²) in [6.07, 6.45) is 2.78. The molecule has 2 heterocycles. The molecule has 3 aromatic rings. The van der Waals surface area contributed by atoms with E-state index in [-0.39, 0.29) is 24.1 Å². The molecule has 2 N–H and O–H groups in total. The summed E-state index contributed by atoms with van der Waals surface area (Å²) >= 11 is 0. The number of benzene rings is 2. The van der Waals surface area contributed by atoms with E-state index in [9.17, 15) is 14.7 Å². The molecule has 0 bridgehead atoms. The van der Waals surface area contributed by atoms with Crippen LogP contribution in [0.4, 0.5) is 0 Å². The van der Waals surface area contributed by atoms with Crippen molar-refractivity contribution >= 4 is 16.8 Å². The molecule has 8 heteroatoms. The predicted molar refractivity (Wildman–Crippen MR) is 134 cm³/mol. The maximum atomic E-state index is 13.4. The Kier molecular flexibility index (Phi) is 7.95. The van der Waals surface area contributed by atoms with Gasteiger partial charge in [-0.05, 0) is 73.6 Å². The zero-order valence-electron chi connectivity index (χ0n) is 20.5. The van der Waals surface area contributed by atoms with Crippen molar-refractivity contribution in [1.29, 1.82) is 0 Å². The van der Waals surface area contributed by atoms with Gasteiger partial charge in [0.2, 0.25) is 0 Å². The number of aliphatic hydroxyl groups excluding tert-OH is 1. The first kappa shape index (κ1) is 25.0. The molecule has 0 aliphatic carbocycles. The van der Waals surface area contributed by atoms with Crippen molar-refractivity contribution in [3.05, 3.63) is 74.8 Å². The van der Waals surface area contributed by atoms with Gasteiger partial charge in [-0.3, -0.25) is 14.2 Å². The Morgan fingerprint density at radius 3 is 2.74 bits per heavy atom. The highest BCUT2D eigenvalue weighted by molar-refractivity contribution is 5.94. The molecule has 1 amide bonds. The molecular weight excluding hydrogens is 446 g/mol. The lowest BCUT2D eigenvalue weighted by atomic mass is 9.94. The summed E-state index contributed by atoms with van der Waals surface area (Å²) in [7, 11) is 1.64. The van der Waals surface area contributed by atoms with Gasteiger partial charge in [-0.2, -0.15) is 0 Å². The van der Waals surface area contributed by atoms with Crippen LogP contribution in [-0.4, -0.2) is 60.1 Å². The van der Waals surface area contributed by atoms with Crippen molar-refractivity contribution in [3.63, 3.8) is 0 Å². The average molecular weight is 480 g/mol. The molecule has 186 valence electrons. The highest BCUT2D eigenvalue weighted by atomic mass is 16.5. The monoisotopic (exact) mass is 479 g/mol. The van der Waals surface area contributed by atoms with E-state index in [4.69, 9.17) is 9.47 Å². The van der Waals surface area contributed by atoms with Gasteiger partial charge in [0.25, 0.3) is 11.5 Å². The van der Waals surface area contributed by atoms with E-state index < -0.39 is 6.10 Å². The van der Waals surface area contributed by atoms with Crippen LogP contribution in [0.3, 0.4) is 0 Å². The molecule has 1 aliphatic rings. The average Bonchev–Trinajstić information content (AvgIpc) is 2.86. The molecule has 4 rings (SSSR count). The number of aromatic nitrogens is 2. The van der Waals surface area contributed by atoms with Crippen molar-refractivity contribution in [2.75, 3.05) is 33.5 Å². The summed E-state index contributed by atoms with van der Waals surface area (Å²) in [6, 6.07) is 9.13. The summed E-state index contributed by atoms with van der Waals surface area (Å²) in [5.41, 5.74) is 5.30. The Labute approximate surface area is 204 Å². The second-order valence-electron chi connectivity index (χ2n) is 9.11. The Hall–Kier alpha value is -3.07. The van der Waals surface area contributed by atoms with Crippen molar-refractivity contribution in [3.8, 4) is 0 Å². The fraction of sp³-hybridized carbons (Fsp3) is 0.444. The Balaban J connectivity index is 1.58. The van der Waals surface area contributed by atoms with Crippen molar-refractivity contribution < 1.29 is 19.4 Å². The topological polar surface area (TPSA) is 103 Å². The van der Waals surface area contributed by atoms with Crippen LogP contribution >= 0.6 is 0 Å². The molecular formula is C27H33N3O5. The fourth-order valence-corrected chi connectivity index (χ4v) is 4.58. The zero-order valence-corrected chi connectivity index (χ0v) is 20.5. The summed E-state index contributed by atoms with van der Waals surface area (Å²) < 4.78 is 11.9. The Morgan fingerprint density at radius 1 is 1.26 bits per heavy atom. The maximum Gasteiger partial charge on any atom is 0.261 e. The van der Waals surface area contributed by atoms with Crippen molar-refractivity contribution in [2.45, 2.75) is 45.3 Å². The van der Waals surface area contributed by atoms with Gasteiger partial charge < -0.3 is 19.9 Å². The molecule has 1 aliphatic heterocycles. The van der Waals surface area contributed by atoms with E-state index in [2.05, 4.69) is 10.3 Å². The highest BCUT2D eigenvalue weighted by Crippen LogP contribution is 2.26. The van der Waals surface area contributed by atoms with E-state index in [1.54, 1.807) is 18.0 Å². The van der Waals surface area contributed by atoms with E-state index >= 15 is 0 Å². The van der Waals surface area contributed by atoms with E-state index in [0.29, 0.717) is 49.1 Å². The molecule has 0 radical (unpaired) electrons. The van der Waals surface area contributed by atoms with Gasteiger partial charge >= 0.3 is 0 Å². The standard InChI is InChI=1S/C27H33N3O5/c1-17-18(2)25-22(27(33)30(16-29-25)23-9-12-35-15-24(23)31)14-21(17)13-19-5-7-20(8-6-19)26(32)28-10-4-11-34-3/h5-8,14,16,23-24,31H,4,9-13,15H2,1-3H3,(H,28,32)/t23-,24-/m0/s1. The Morgan fingerprint density at radius 2 is 2.03 bits per heavy atom. The van der Waals surface area contributed by atoms with Crippen molar-refractivity contribution in [2.24, 2.45) is 0 Å². The van der Waals surface area contributed by atoms with Crippen LogP contribution in [0, 0.1) is 13.8 Å². The number of nitrogens with one attached hydrogen (secondary N) is 1. The summed E-state index contributed by atoms with van der Waals surface area (Å²) in [6.45, 7) is 5.93. The van der Waals surface area contributed by atoms with Gasteiger partial charge in [-0.25, -0.2) is 4.98 Å². The smallest absolute Gasteiger partial charge is 0.261 e. The number of hydrogen-bond acceptors (Lipinski definition) is 6. The first-order valence-electron chi connectivity index (χ1n) is 12.0. The van der Waals surface area contributed by atoms with E-state index in [1.807, 2.05) is 44.2 Å². The van der Waals surface area contributed by atoms with Crippen LogP contribution in [0.2, 0.25) is 0 Å². The van der Waals surface area contributed by atoms with Crippen LogP contribution < -0.4 is 10.9 Å². The van der Waals surface area contributed by atoms with Crippen LogP contribution in [0.5, 0.6) is 0 Å². The third kappa shape index (κ3) is 5.45. The van der Waals surface area contributed by atoms with Gasteiger partial charge in [0.15, 0.2) is 0 Å². The molecule has 2 aromatic carbocycles. The first-order valence-corrected chi connectivity index (χ1v) is 12.0. The quantitative estimate of drug-likeness (QED) is 0.482. The number of carbonyl (C=O) groups is 1. The Bertz CT molecular complexity index is 1250. The first-order chi connectivity index (χ1) is 16.9. The molecule has 0 unspecified atom stereocenters. The minimum Gasteiger partial charge on any atom is -0.389 e. The van der Waals surface area contributed by atoms with Crippen LogP contribution in [0.15, 0.2) is 41.5 Å². The van der Waals surface area contributed by atoms with Gasteiger partial charge in [0, 0.05) is 32.4 Å². The minimum absolute atomic E-state index is 0.104. The lowest BCUT2D eigenvalue weighted by molar-refractivity contribution is -0.0395. The SMILES string of the molecule is COCCCNC(=O)c1ccc(Cc2cc3c(=O)n([C@H]4CCOC[C@@H]4O)cnc3c(C)c2C)cc1. The molecule has 1 aromatic heterocycles. The molecule has 0 spiro atoms. The number of nitrogens with zero attached hydrogens (tertiary/aromatic N) is 2. The number of ether oxygens (including phenoxy) is 2. The predicted octanol–water partition coefficient (Wildman–Crippen LogP) is 2.69. The second kappa shape index (κ2) is 11.1. The van der Waals surface area contributed by atoms with E-state index in [0.717, 1.165) is 28.7 Å². The minimum atomic E-state index is -0.734. The number of methoxy groups -OCH3 is 1. The molecule has 1 saturated heterocycles. The van der Waals surface area contributed by atoms with Crippen LogP contribution in [0.25, 0.3) is 10.9 Å². The van der Waals surface area contributed by atoms with Crippen molar-refractivity contribution in [1.82, 2.24) is 14.9 Å². The number of carbonyl (C=O) groups excluding carboxylic acids is 1. The van der Waals surface area contributed by atoms with Gasteiger partial charge in [-0.1, -0.05) is 12.1 Å². The molecule has 35 heavy (non-hydrogen) atoms. The van der Waals surface area contributed by atoms with Crippen LogP contribution in [0.1, 0.15) is 51.5 Å². The summed E-state index contributed by atoms with van der Waals surface area (Å²) in [4.78, 5) is 30.3. The fourth-order valence-electron chi connectivity index (χ4n) is 4.58. The third-order valence-electron chi connectivity index (χ3n) is 6.82. The van der Waals surface area contributed by atoms with Gasteiger partial charge in [-0.15, -0.1) is 0 Å². The number of hydrogen-bond donors (Lipinski definition) is 2. The number of aliphatic hydroxyl groups is 1. The molecule has 8 nitrogen and oxygen atoms in total. The number of rotatable bonds is 8. The normalized spacial score (nSPS) is 18.1. The number of aryl methyl sites for hydroxylation is 1. The summed E-state index contributed by atoms with van der Waals surface area (Å²) in [5, 5.41) is 13.8. The van der Waals surface area contributed by atoms with Gasteiger partial charge in [0.1, 0.15) is 0 Å². The van der Waals surface area contributed by atoms with Gasteiger partial charge in [0.05, 0.1) is 36.0 Å². The highest BCUT2D eigenvalue weighted by Gasteiger charge is 2.27. The summed E-state index contributed by atoms with van der Waals surface area (Å²) in [5.74, 6) is -0.104. The lowest BCUT2D eigenvalue weighted by Crippen LogP contribution is -2.39. The molecule has 0 saturated carbocycles. The number of amides is 1. The number of fused-ring (bicyclic) bond motifs is 1. The van der Waals surface area contributed by atoms with E-state index in [1.165, 1.54) is 0 Å². The lowest BCUT2D eigenvalue weighted by Gasteiger charge is -2.29. The zero-order chi connectivity index (χ0) is 24.9. The maximum absolute atomic E-state index is 13.4. The third-order valence-corrected chi connectivity index (χ3v) is 6.82. The second-order valence-corrected chi connectivity index (χ2v) is 9.11.